The molecule has 0 bridgehead atoms. The summed E-state index contributed by atoms with van der Waals surface area (Å²) in [5.74, 6) is 1.74. The summed E-state index contributed by atoms with van der Waals surface area (Å²) < 4.78 is 11.1. The highest BCUT2D eigenvalue weighted by molar-refractivity contribution is 6.32. The van der Waals surface area contributed by atoms with E-state index in [1.54, 1.807) is 0 Å². The number of aliphatic hydroxyl groups is 1. The highest BCUT2D eigenvalue weighted by atomic mass is 35.5. The second-order valence-electron chi connectivity index (χ2n) is 5.84. The summed E-state index contributed by atoms with van der Waals surface area (Å²) in [6.45, 7) is 2.67. The van der Waals surface area contributed by atoms with E-state index in [0.29, 0.717) is 29.9 Å². The van der Waals surface area contributed by atoms with Crippen LogP contribution in [-0.4, -0.2) is 31.0 Å². The van der Waals surface area contributed by atoms with Crippen LogP contribution >= 0.6 is 11.6 Å². The molecule has 5 heteroatoms. The van der Waals surface area contributed by atoms with Gasteiger partial charge in [0.05, 0.1) is 11.1 Å². The number of rotatable bonds is 4. The first-order valence-corrected chi connectivity index (χ1v) is 8.08. The minimum absolute atomic E-state index is 0.157. The van der Waals surface area contributed by atoms with Gasteiger partial charge in [0.2, 0.25) is 0 Å². The molecule has 2 aliphatic rings. The first-order valence-electron chi connectivity index (χ1n) is 7.71. The van der Waals surface area contributed by atoms with Crippen LogP contribution in [-0.2, 0) is 6.54 Å². The lowest BCUT2D eigenvalue weighted by molar-refractivity contribution is 0.0695. The van der Waals surface area contributed by atoms with E-state index in [1.807, 2.05) is 12.1 Å². The summed E-state index contributed by atoms with van der Waals surface area (Å²) in [5.41, 5.74) is 1.08. The molecule has 4 nitrogen and oxygen atoms in total. The molecule has 1 heterocycles. The first-order chi connectivity index (χ1) is 10.2. The van der Waals surface area contributed by atoms with Gasteiger partial charge in [0.25, 0.3) is 0 Å². The molecular formula is C16H22ClNO3. The fraction of sp³-hybridized carbons (Fsp3) is 0.625. The molecular weight excluding hydrogens is 290 g/mol. The van der Waals surface area contributed by atoms with E-state index in [1.165, 1.54) is 6.42 Å². The molecule has 1 saturated carbocycles. The second kappa shape index (κ2) is 6.86. The SMILES string of the molecule is OC1CCCCC1CNCc1cc(Cl)c2c(c1)OCCO2. The molecule has 2 atom stereocenters. The van der Waals surface area contributed by atoms with Crippen LogP contribution < -0.4 is 14.8 Å². The summed E-state index contributed by atoms with van der Waals surface area (Å²) in [5, 5.41) is 14.0. The van der Waals surface area contributed by atoms with Crippen LogP contribution in [0.4, 0.5) is 0 Å². The van der Waals surface area contributed by atoms with Crippen LogP contribution in [0.15, 0.2) is 12.1 Å². The molecule has 2 N–H and O–H groups in total. The van der Waals surface area contributed by atoms with Crippen LogP contribution in [0.1, 0.15) is 31.2 Å². The Labute approximate surface area is 130 Å². The quantitative estimate of drug-likeness (QED) is 0.898. The second-order valence-corrected chi connectivity index (χ2v) is 6.25. The Hall–Kier alpha value is -0.970. The van der Waals surface area contributed by atoms with Crippen LogP contribution in [0.25, 0.3) is 0 Å². The van der Waals surface area contributed by atoms with Gasteiger partial charge in [-0.2, -0.15) is 0 Å². The predicted molar refractivity (Wildman–Crippen MR) is 82.1 cm³/mol. The maximum absolute atomic E-state index is 9.97. The van der Waals surface area contributed by atoms with Crippen LogP contribution in [0.3, 0.4) is 0 Å². The summed E-state index contributed by atoms with van der Waals surface area (Å²) in [6.07, 6.45) is 4.25. The largest absolute Gasteiger partial charge is 0.486 e. The summed E-state index contributed by atoms with van der Waals surface area (Å²) in [7, 11) is 0. The molecule has 0 amide bonds. The van der Waals surface area contributed by atoms with Crippen molar-refractivity contribution in [2.45, 2.75) is 38.3 Å². The highest BCUT2D eigenvalue weighted by Crippen LogP contribution is 2.38. The van der Waals surface area contributed by atoms with Crippen molar-refractivity contribution in [3.63, 3.8) is 0 Å². The Kier molecular flexibility index (Phi) is 4.88. The Morgan fingerprint density at radius 1 is 1.19 bits per heavy atom. The summed E-state index contributed by atoms with van der Waals surface area (Å²) >= 11 is 6.23. The third kappa shape index (κ3) is 3.62. The normalized spacial score (nSPS) is 24.9. The Bertz CT molecular complexity index is 495. The molecule has 0 saturated heterocycles. The van der Waals surface area contributed by atoms with E-state index in [0.717, 1.165) is 43.7 Å². The van der Waals surface area contributed by atoms with Crippen molar-refractivity contribution in [2.75, 3.05) is 19.8 Å². The maximum Gasteiger partial charge on any atom is 0.179 e. The van der Waals surface area contributed by atoms with Gasteiger partial charge >= 0.3 is 0 Å². The number of hydrogen-bond donors (Lipinski definition) is 2. The summed E-state index contributed by atoms with van der Waals surface area (Å²) in [6, 6.07) is 3.89. The van der Waals surface area contributed by atoms with Crippen molar-refractivity contribution in [3.8, 4) is 11.5 Å². The fourth-order valence-electron chi connectivity index (χ4n) is 3.09. The molecule has 1 fully saturated rings. The van der Waals surface area contributed by atoms with Crippen molar-refractivity contribution >= 4 is 11.6 Å². The topological polar surface area (TPSA) is 50.7 Å². The molecule has 0 aromatic heterocycles. The van der Waals surface area contributed by atoms with E-state index in [4.69, 9.17) is 21.1 Å². The monoisotopic (exact) mass is 311 g/mol. The van der Waals surface area contributed by atoms with Crippen molar-refractivity contribution < 1.29 is 14.6 Å². The van der Waals surface area contributed by atoms with E-state index in [-0.39, 0.29) is 6.10 Å². The zero-order valence-corrected chi connectivity index (χ0v) is 12.9. The van der Waals surface area contributed by atoms with Gasteiger partial charge in [-0.15, -0.1) is 0 Å². The van der Waals surface area contributed by atoms with E-state index >= 15 is 0 Å². The number of nitrogens with one attached hydrogen (secondary N) is 1. The third-order valence-corrected chi connectivity index (χ3v) is 4.54. The predicted octanol–water partition coefficient (Wildman–Crippen LogP) is 2.75. The number of benzene rings is 1. The molecule has 1 aromatic rings. The first kappa shape index (κ1) is 14.9. The van der Waals surface area contributed by atoms with Crippen molar-refractivity contribution in [1.29, 1.82) is 0 Å². The van der Waals surface area contributed by atoms with Crippen LogP contribution in [0.2, 0.25) is 5.02 Å². The molecule has 21 heavy (non-hydrogen) atoms. The maximum atomic E-state index is 9.97. The van der Waals surface area contributed by atoms with E-state index in [9.17, 15) is 5.11 Å². The van der Waals surface area contributed by atoms with E-state index in [2.05, 4.69) is 5.32 Å². The van der Waals surface area contributed by atoms with Gasteiger partial charge in [-0.3, -0.25) is 0 Å². The number of halogens is 1. The van der Waals surface area contributed by atoms with Crippen molar-refractivity contribution in [2.24, 2.45) is 5.92 Å². The molecule has 116 valence electrons. The van der Waals surface area contributed by atoms with Gasteiger partial charge in [-0.05, 0) is 36.5 Å². The molecule has 0 radical (unpaired) electrons. The average molecular weight is 312 g/mol. The van der Waals surface area contributed by atoms with Gasteiger partial charge < -0.3 is 19.9 Å². The smallest absolute Gasteiger partial charge is 0.179 e. The Morgan fingerprint density at radius 3 is 2.86 bits per heavy atom. The lowest BCUT2D eigenvalue weighted by Gasteiger charge is -2.27. The zero-order chi connectivity index (χ0) is 14.7. The number of fused-ring (bicyclic) bond motifs is 1. The zero-order valence-electron chi connectivity index (χ0n) is 12.1. The molecule has 1 aliphatic heterocycles. The van der Waals surface area contributed by atoms with E-state index < -0.39 is 0 Å². The molecule has 1 aliphatic carbocycles. The lowest BCUT2D eigenvalue weighted by Crippen LogP contribution is -2.33. The Morgan fingerprint density at radius 2 is 2.00 bits per heavy atom. The van der Waals surface area contributed by atoms with Gasteiger partial charge in [-0.1, -0.05) is 24.4 Å². The average Bonchev–Trinajstić information content (AvgIpc) is 2.49. The van der Waals surface area contributed by atoms with Crippen molar-refractivity contribution in [3.05, 3.63) is 22.7 Å². The van der Waals surface area contributed by atoms with Crippen LogP contribution in [0, 0.1) is 5.92 Å². The van der Waals surface area contributed by atoms with Crippen LogP contribution in [0.5, 0.6) is 11.5 Å². The molecule has 0 spiro atoms. The van der Waals surface area contributed by atoms with Crippen molar-refractivity contribution in [1.82, 2.24) is 5.32 Å². The van der Waals surface area contributed by atoms with Gasteiger partial charge in [0, 0.05) is 13.1 Å². The summed E-state index contributed by atoms with van der Waals surface area (Å²) in [4.78, 5) is 0. The Balaban J connectivity index is 1.56. The minimum Gasteiger partial charge on any atom is -0.486 e. The third-order valence-electron chi connectivity index (χ3n) is 4.26. The standard InChI is InChI=1S/C16H22ClNO3/c17-13-7-11(8-15-16(13)21-6-5-20-15)9-18-10-12-3-1-2-4-14(12)19/h7-8,12,14,18-19H,1-6,9-10H2. The number of ether oxygens (including phenoxy) is 2. The number of hydrogen-bond acceptors (Lipinski definition) is 4. The lowest BCUT2D eigenvalue weighted by atomic mass is 9.86. The van der Waals surface area contributed by atoms with Gasteiger partial charge in [0.15, 0.2) is 11.5 Å². The van der Waals surface area contributed by atoms with Gasteiger partial charge in [-0.25, -0.2) is 0 Å². The number of aliphatic hydroxyl groups excluding tert-OH is 1. The molecule has 2 unspecified atom stereocenters. The minimum atomic E-state index is -0.157. The molecule has 3 rings (SSSR count). The molecule has 1 aromatic carbocycles. The van der Waals surface area contributed by atoms with Gasteiger partial charge in [0.1, 0.15) is 13.2 Å². The fourth-order valence-corrected chi connectivity index (χ4v) is 3.38. The highest BCUT2D eigenvalue weighted by Gasteiger charge is 2.22.